The average molecular weight is 383 g/mol. The fourth-order valence-electron chi connectivity index (χ4n) is 4.89. The quantitative estimate of drug-likeness (QED) is 0.779. The molecule has 28 heavy (non-hydrogen) atoms. The van der Waals surface area contributed by atoms with Gasteiger partial charge in [-0.15, -0.1) is 0 Å². The molecule has 3 atom stereocenters. The van der Waals surface area contributed by atoms with Crippen LogP contribution in [0.5, 0.6) is 0 Å². The lowest BCUT2D eigenvalue weighted by molar-refractivity contribution is -0.140. The number of hydrogen-bond donors (Lipinski definition) is 2. The molecule has 2 aromatic heterocycles. The molecule has 1 aliphatic heterocycles. The van der Waals surface area contributed by atoms with E-state index in [9.17, 15) is 9.59 Å². The first-order valence-electron chi connectivity index (χ1n) is 10.0. The smallest absolute Gasteiger partial charge is 0.243 e. The van der Waals surface area contributed by atoms with Crippen LogP contribution in [0.3, 0.4) is 0 Å². The molecule has 1 saturated heterocycles. The number of hydrogen-bond acceptors (Lipinski definition) is 6. The van der Waals surface area contributed by atoms with Gasteiger partial charge in [0.15, 0.2) is 11.5 Å². The Morgan fingerprint density at radius 1 is 1.21 bits per heavy atom. The Balaban J connectivity index is 1.27. The van der Waals surface area contributed by atoms with Crippen LogP contribution in [0.1, 0.15) is 32.6 Å². The van der Waals surface area contributed by atoms with Crippen molar-refractivity contribution < 1.29 is 9.59 Å². The van der Waals surface area contributed by atoms with E-state index in [2.05, 4.69) is 27.2 Å². The highest BCUT2D eigenvalue weighted by molar-refractivity contribution is 5.90. The third-order valence-electron chi connectivity index (χ3n) is 6.47. The second kappa shape index (κ2) is 6.42. The summed E-state index contributed by atoms with van der Waals surface area (Å²) in [5, 5.41) is 3.08. The van der Waals surface area contributed by atoms with Gasteiger partial charge >= 0.3 is 0 Å². The van der Waals surface area contributed by atoms with Crippen LogP contribution in [0.4, 0.5) is 5.82 Å². The average Bonchev–Trinajstić information content (AvgIpc) is 3.11. The van der Waals surface area contributed by atoms with Gasteiger partial charge in [-0.05, 0) is 43.4 Å². The number of nitrogen functional groups attached to an aromatic ring is 1. The van der Waals surface area contributed by atoms with Gasteiger partial charge in [0, 0.05) is 12.6 Å². The van der Waals surface area contributed by atoms with Gasteiger partial charge < -0.3 is 20.5 Å². The van der Waals surface area contributed by atoms with E-state index in [4.69, 9.17) is 5.73 Å². The molecule has 2 amide bonds. The number of likely N-dealkylation sites (tertiary alicyclic amines) is 1. The normalized spacial score (nSPS) is 30.8. The number of nitrogens with one attached hydrogen (secondary N) is 1. The molecule has 2 saturated carbocycles. The molecule has 3 heterocycles. The summed E-state index contributed by atoms with van der Waals surface area (Å²) in [6.07, 6.45) is 7.04. The van der Waals surface area contributed by atoms with E-state index in [-0.39, 0.29) is 30.4 Å². The van der Waals surface area contributed by atoms with Gasteiger partial charge in [0.1, 0.15) is 24.4 Å². The maximum Gasteiger partial charge on any atom is 0.243 e. The molecule has 0 spiro atoms. The summed E-state index contributed by atoms with van der Waals surface area (Å²) in [4.78, 5) is 39.9. The Hall–Kier alpha value is -2.71. The van der Waals surface area contributed by atoms with Crippen molar-refractivity contribution in [1.82, 2.24) is 29.7 Å². The molecule has 5 rings (SSSR count). The molecule has 0 bridgehead atoms. The summed E-state index contributed by atoms with van der Waals surface area (Å²) in [5.41, 5.74) is 6.85. The maximum atomic E-state index is 13.1. The number of carbonyl (C=O) groups is 2. The van der Waals surface area contributed by atoms with Crippen LogP contribution >= 0.6 is 0 Å². The first-order valence-corrected chi connectivity index (χ1v) is 10.0. The van der Waals surface area contributed by atoms with Crippen LogP contribution in [-0.2, 0) is 16.1 Å². The lowest BCUT2D eigenvalue weighted by Gasteiger charge is -2.33. The number of rotatable bonds is 5. The van der Waals surface area contributed by atoms with E-state index in [1.165, 1.54) is 19.2 Å². The van der Waals surface area contributed by atoms with Gasteiger partial charge in [0.05, 0.1) is 6.33 Å². The molecular weight excluding hydrogens is 358 g/mol. The monoisotopic (exact) mass is 383 g/mol. The Morgan fingerprint density at radius 3 is 2.82 bits per heavy atom. The van der Waals surface area contributed by atoms with Crippen molar-refractivity contribution in [2.24, 2.45) is 17.8 Å². The fourth-order valence-corrected chi connectivity index (χ4v) is 4.89. The van der Waals surface area contributed by atoms with Gasteiger partial charge in [0.25, 0.3) is 0 Å². The van der Waals surface area contributed by atoms with Crippen LogP contribution in [0.25, 0.3) is 11.2 Å². The van der Waals surface area contributed by atoms with Crippen LogP contribution < -0.4 is 11.1 Å². The van der Waals surface area contributed by atoms with E-state index < -0.39 is 0 Å². The zero-order valence-corrected chi connectivity index (χ0v) is 15.9. The molecule has 148 valence electrons. The molecular formula is C19H25N7O2. The molecule has 3 aliphatic rings. The highest BCUT2D eigenvalue weighted by Crippen LogP contribution is 2.48. The van der Waals surface area contributed by atoms with Crippen LogP contribution in [0, 0.1) is 17.8 Å². The van der Waals surface area contributed by atoms with Gasteiger partial charge in [-0.2, -0.15) is 0 Å². The number of nitrogens with two attached hydrogens (primary N) is 1. The summed E-state index contributed by atoms with van der Waals surface area (Å²) in [7, 11) is 0. The van der Waals surface area contributed by atoms with Crippen molar-refractivity contribution in [2.45, 2.75) is 51.2 Å². The van der Waals surface area contributed by atoms with Gasteiger partial charge in [0.2, 0.25) is 11.8 Å². The summed E-state index contributed by atoms with van der Waals surface area (Å²) in [5.74, 6) is 2.02. The summed E-state index contributed by atoms with van der Waals surface area (Å²) in [6, 6.07) is -0.162. The van der Waals surface area contributed by atoms with E-state index >= 15 is 0 Å². The molecule has 9 heteroatoms. The fraction of sp³-hybridized carbons (Fsp3) is 0.632. The number of fused-ring (bicyclic) bond motifs is 2. The van der Waals surface area contributed by atoms with Crippen molar-refractivity contribution in [3.05, 3.63) is 12.7 Å². The molecule has 0 aromatic carbocycles. The number of imidazole rings is 1. The van der Waals surface area contributed by atoms with Gasteiger partial charge in [-0.1, -0.05) is 6.92 Å². The van der Waals surface area contributed by atoms with Crippen LogP contribution in [-0.4, -0.2) is 54.9 Å². The first-order chi connectivity index (χ1) is 13.5. The van der Waals surface area contributed by atoms with E-state index in [1.54, 1.807) is 15.8 Å². The molecule has 0 radical (unpaired) electrons. The second-order valence-electron chi connectivity index (χ2n) is 8.61. The van der Waals surface area contributed by atoms with E-state index in [0.29, 0.717) is 28.8 Å². The highest BCUT2D eigenvalue weighted by atomic mass is 16.2. The van der Waals surface area contributed by atoms with Crippen molar-refractivity contribution in [3.63, 3.8) is 0 Å². The van der Waals surface area contributed by atoms with Crippen LogP contribution in [0.2, 0.25) is 0 Å². The number of aromatic nitrogens is 4. The highest BCUT2D eigenvalue weighted by Gasteiger charge is 2.55. The minimum Gasteiger partial charge on any atom is -0.382 e. The first kappa shape index (κ1) is 17.4. The van der Waals surface area contributed by atoms with Crippen molar-refractivity contribution in [2.75, 3.05) is 12.3 Å². The zero-order valence-electron chi connectivity index (χ0n) is 15.9. The standard InChI is InChI=1S/C19H25N7O2/c1-10-2-11(3-10)6-21-19(28)14-5-12-4-13(12)26(14)15(27)7-25-9-24-16-17(20)22-8-23-18(16)25/h8-14H,2-7H2,1H3,(H,21,28)(H2,20,22,23)/t10?,11?,12-,13?,14+/m1/s1. The SMILES string of the molecule is CC1CC(CNC(=O)[C@@H]2C[C@H]3CC3N2C(=O)Cn2cnc3c(N)ncnc32)C1. The number of anilines is 1. The summed E-state index contributed by atoms with van der Waals surface area (Å²) < 4.78 is 1.68. The minimum atomic E-state index is -0.358. The molecule has 3 N–H and O–H groups in total. The molecule has 9 nitrogen and oxygen atoms in total. The summed E-state index contributed by atoms with van der Waals surface area (Å²) in [6.45, 7) is 3.06. The zero-order chi connectivity index (χ0) is 19.4. The topological polar surface area (TPSA) is 119 Å². The number of nitrogens with zero attached hydrogens (tertiary/aromatic N) is 5. The lowest BCUT2D eigenvalue weighted by Crippen LogP contribution is -2.50. The second-order valence-corrected chi connectivity index (χ2v) is 8.61. The van der Waals surface area contributed by atoms with Gasteiger partial charge in [-0.25, -0.2) is 15.0 Å². The predicted octanol–water partition coefficient (Wildman–Crippen LogP) is 0.560. The van der Waals surface area contributed by atoms with Gasteiger partial charge in [-0.3, -0.25) is 9.59 Å². The minimum absolute atomic E-state index is 0.0119. The molecule has 1 unspecified atom stereocenters. The molecule has 2 aliphatic carbocycles. The third-order valence-corrected chi connectivity index (χ3v) is 6.47. The molecule has 3 fully saturated rings. The van der Waals surface area contributed by atoms with Crippen molar-refractivity contribution >= 4 is 28.8 Å². The van der Waals surface area contributed by atoms with Crippen LogP contribution in [0.15, 0.2) is 12.7 Å². The lowest BCUT2D eigenvalue weighted by atomic mass is 9.76. The predicted molar refractivity (Wildman–Crippen MR) is 102 cm³/mol. The Bertz CT molecular complexity index is 936. The number of piperidine rings is 1. The largest absolute Gasteiger partial charge is 0.382 e. The van der Waals surface area contributed by atoms with E-state index in [1.807, 2.05) is 0 Å². The van der Waals surface area contributed by atoms with Crippen molar-refractivity contribution in [1.29, 1.82) is 0 Å². The van der Waals surface area contributed by atoms with E-state index in [0.717, 1.165) is 25.3 Å². The number of carbonyl (C=O) groups excluding carboxylic acids is 2. The van der Waals surface area contributed by atoms with Crippen molar-refractivity contribution in [3.8, 4) is 0 Å². The Labute approximate surface area is 162 Å². The number of amides is 2. The molecule has 2 aromatic rings. The third kappa shape index (κ3) is 2.89. The Kier molecular flexibility index (Phi) is 3.99. The summed E-state index contributed by atoms with van der Waals surface area (Å²) >= 11 is 0. The maximum absolute atomic E-state index is 13.1. The Morgan fingerprint density at radius 2 is 2.04 bits per heavy atom.